The number of nitrogens with zero attached hydrogens (tertiary/aromatic N) is 3. The van der Waals surface area contributed by atoms with Crippen LogP contribution in [0.15, 0.2) is 63.4 Å². The molecule has 1 aromatic heterocycles. The summed E-state index contributed by atoms with van der Waals surface area (Å²) >= 11 is 6.30. The molecule has 2 N–H and O–H groups in total. The van der Waals surface area contributed by atoms with Gasteiger partial charge >= 0.3 is 0 Å². The molecule has 0 spiro atoms. The summed E-state index contributed by atoms with van der Waals surface area (Å²) in [5.74, 6) is 0.298. The van der Waals surface area contributed by atoms with Gasteiger partial charge in [0.15, 0.2) is 5.16 Å². The van der Waals surface area contributed by atoms with Gasteiger partial charge in [0.1, 0.15) is 5.75 Å². The second-order valence-corrected chi connectivity index (χ2v) is 11.4. The first-order chi connectivity index (χ1) is 18.0. The van der Waals surface area contributed by atoms with Gasteiger partial charge in [-0.25, -0.2) is 4.98 Å². The van der Waals surface area contributed by atoms with Crippen molar-refractivity contribution in [2.45, 2.75) is 60.4 Å². The molecule has 2 aromatic carbocycles. The Kier molecular flexibility index (Phi) is 8.22. The van der Waals surface area contributed by atoms with E-state index in [1.54, 1.807) is 33.4 Å². The molecule has 0 radical (unpaired) electrons. The van der Waals surface area contributed by atoms with E-state index in [1.807, 2.05) is 36.4 Å². The van der Waals surface area contributed by atoms with E-state index >= 15 is 0 Å². The molecule has 5 rings (SSSR count). The standard InChI is InChI=1S/C28H32N4O3S2/c33-20-10-8-19(9-11-20)12-15-29-16-13-26(34)31-17-14-23-22(18-31)27(35)32(24-6-1-2-7-25(24)36)28(30-23)37-21-4-3-5-21/h1-2,6-11,21,29,33,36H,3-5,12-18H2. The van der Waals surface area contributed by atoms with Crippen molar-refractivity contribution in [3.05, 3.63) is 75.7 Å². The van der Waals surface area contributed by atoms with Gasteiger partial charge in [0.25, 0.3) is 5.56 Å². The number of phenols is 1. The van der Waals surface area contributed by atoms with E-state index < -0.39 is 0 Å². The predicted molar refractivity (Wildman–Crippen MR) is 149 cm³/mol. The van der Waals surface area contributed by atoms with E-state index in [1.165, 1.54) is 6.42 Å². The summed E-state index contributed by atoms with van der Waals surface area (Å²) in [6, 6.07) is 14.8. The fraction of sp³-hybridized carbons (Fsp3) is 0.393. The number of aromatic nitrogens is 2. The summed E-state index contributed by atoms with van der Waals surface area (Å²) in [6.07, 6.45) is 5.30. The van der Waals surface area contributed by atoms with Crippen LogP contribution in [0.3, 0.4) is 0 Å². The number of aromatic hydroxyl groups is 1. The third-order valence-electron chi connectivity index (χ3n) is 7.04. The number of carbonyl (C=O) groups excluding carboxylic acids is 1. The van der Waals surface area contributed by atoms with Gasteiger partial charge in [-0.1, -0.05) is 42.4 Å². The van der Waals surface area contributed by atoms with Crippen LogP contribution in [0.25, 0.3) is 5.69 Å². The Balaban J connectivity index is 1.26. The molecule has 1 aliphatic heterocycles. The first-order valence-corrected chi connectivity index (χ1v) is 14.2. The maximum Gasteiger partial charge on any atom is 0.264 e. The normalized spacial score (nSPS) is 15.3. The Labute approximate surface area is 226 Å². The summed E-state index contributed by atoms with van der Waals surface area (Å²) in [5.41, 5.74) is 3.18. The first-order valence-electron chi connectivity index (χ1n) is 12.9. The lowest BCUT2D eigenvalue weighted by molar-refractivity contribution is -0.132. The molecule has 3 aromatic rings. The number of hydrogen-bond donors (Lipinski definition) is 3. The van der Waals surface area contributed by atoms with Crippen molar-refractivity contribution in [3.63, 3.8) is 0 Å². The van der Waals surface area contributed by atoms with Gasteiger partial charge in [0.2, 0.25) is 5.91 Å². The van der Waals surface area contributed by atoms with E-state index in [2.05, 4.69) is 17.9 Å². The van der Waals surface area contributed by atoms with Crippen LogP contribution in [0.2, 0.25) is 0 Å². The molecule has 1 fully saturated rings. The molecule has 2 aliphatic rings. The zero-order chi connectivity index (χ0) is 25.8. The smallest absolute Gasteiger partial charge is 0.264 e. The molecule has 0 atom stereocenters. The van der Waals surface area contributed by atoms with Crippen molar-refractivity contribution in [2.75, 3.05) is 19.6 Å². The van der Waals surface area contributed by atoms with Gasteiger partial charge < -0.3 is 15.3 Å². The quantitative estimate of drug-likeness (QED) is 0.218. The lowest BCUT2D eigenvalue weighted by Crippen LogP contribution is -2.42. The van der Waals surface area contributed by atoms with Gasteiger partial charge in [0, 0.05) is 36.1 Å². The first kappa shape index (κ1) is 25.9. The number of nitrogens with one attached hydrogen (secondary N) is 1. The Morgan fingerprint density at radius 1 is 1.14 bits per heavy atom. The summed E-state index contributed by atoms with van der Waals surface area (Å²) in [4.78, 5) is 34.2. The van der Waals surface area contributed by atoms with Gasteiger partial charge in [-0.3, -0.25) is 14.2 Å². The number of hydrogen-bond acceptors (Lipinski definition) is 7. The van der Waals surface area contributed by atoms with Crippen LogP contribution in [0.5, 0.6) is 5.75 Å². The van der Waals surface area contributed by atoms with E-state index in [0.29, 0.717) is 36.7 Å². The predicted octanol–water partition coefficient (Wildman–Crippen LogP) is 3.98. The highest BCUT2D eigenvalue weighted by Crippen LogP contribution is 2.37. The number of phenolic OH excluding ortho intramolecular Hbond substituents is 1. The Hall–Kier alpha value is -2.75. The molecule has 0 saturated heterocycles. The molecule has 37 heavy (non-hydrogen) atoms. The summed E-state index contributed by atoms with van der Waals surface area (Å²) < 4.78 is 1.70. The average molecular weight is 537 g/mol. The van der Waals surface area contributed by atoms with E-state index in [-0.39, 0.29) is 23.8 Å². The Morgan fingerprint density at radius 2 is 1.92 bits per heavy atom. The van der Waals surface area contributed by atoms with Crippen LogP contribution < -0.4 is 10.9 Å². The van der Waals surface area contributed by atoms with Crippen molar-refractivity contribution < 1.29 is 9.90 Å². The van der Waals surface area contributed by atoms with Gasteiger partial charge in [-0.2, -0.15) is 0 Å². The average Bonchev–Trinajstić information content (AvgIpc) is 2.88. The highest BCUT2D eigenvalue weighted by Gasteiger charge is 2.29. The number of benzene rings is 2. The van der Waals surface area contributed by atoms with Crippen LogP contribution in [-0.4, -0.2) is 50.3 Å². The van der Waals surface area contributed by atoms with Crippen molar-refractivity contribution in [3.8, 4) is 11.4 Å². The summed E-state index contributed by atoms with van der Waals surface area (Å²) in [6.45, 7) is 2.19. The van der Waals surface area contributed by atoms with E-state index in [0.717, 1.165) is 52.8 Å². The van der Waals surface area contributed by atoms with Gasteiger partial charge in [0.05, 0.1) is 23.5 Å². The van der Waals surface area contributed by atoms with Crippen LogP contribution >= 0.6 is 24.4 Å². The molecule has 1 saturated carbocycles. The van der Waals surface area contributed by atoms with Crippen LogP contribution in [-0.2, 0) is 24.2 Å². The number of fused-ring (bicyclic) bond motifs is 1. The maximum atomic E-state index is 13.8. The van der Waals surface area contributed by atoms with Gasteiger partial charge in [-0.15, -0.1) is 12.6 Å². The van der Waals surface area contributed by atoms with Crippen molar-refractivity contribution >= 4 is 30.3 Å². The third kappa shape index (κ3) is 6.05. The minimum Gasteiger partial charge on any atom is -0.508 e. The highest BCUT2D eigenvalue weighted by atomic mass is 32.2. The minimum absolute atomic E-state index is 0.0382. The lowest BCUT2D eigenvalue weighted by atomic mass is 10.0. The fourth-order valence-electron chi connectivity index (χ4n) is 4.62. The lowest BCUT2D eigenvalue weighted by Gasteiger charge is -2.30. The number of carbonyl (C=O) groups is 1. The molecule has 1 amide bonds. The van der Waals surface area contributed by atoms with Crippen molar-refractivity contribution in [2.24, 2.45) is 0 Å². The molecular weight excluding hydrogens is 504 g/mol. The molecular formula is C28H32N4O3S2. The van der Waals surface area contributed by atoms with Crippen molar-refractivity contribution in [1.29, 1.82) is 0 Å². The molecule has 0 bridgehead atoms. The largest absolute Gasteiger partial charge is 0.508 e. The zero-order valence-corrected chi connectivity index (χ0v) is 22.4. The van der Waals surface area contributed by atoms with Crippen LogP contribution in [0, 0.1) is 0 Å². The second-order valence-electron chi connectivity index (χ2n) is 9.60. The van der Waals surface area contributed by atoms with Crippen molar-refractivity contribution in [1.82, 2.24) is 19.8 Å². The maximum absolute atomic E-state index is 13.8. The SMILES string of the molecule is O=C(CCNCCc1ccc(O)cc1)N1CCc2nc(SC3CCC3)n(-c3ccccc3S)c(=O)c2C1. The number of amides is 1. The number of thiol groups is 1. The fourth-order valence-corrected chi connectivity index (χ4v) is 6.20. The minimum atomic E-state index is -0.0992. The topological polar surface area (TPSA) is 87.5 Å². The number of rotatable bonds is 9. The second kappa shape index (κ2) is 11.8. The molecule has 0 unspecified atom stereocenters. The van der Waals surface area contributed by atoms with Gasteiger partial charge in [-0.05, 0) is 55.6 Å². The molecule has 9 heteroatoms. The Bertz CT molecular complexity index is 1320. The van der Waals surface area contributed by atoms with E-state index in [9.17, 15) is 14.7 Å². The molecule has 194 valence electrons. The molecule has 7 nitrogen and oxygen atoms in total. The van der Waals surface area contributed by atoms with E-state index in [4.69, 9.17) is 4.98 Å². The monoisotopic (exact) mass is 536 g/mol. The molecule has 1 aliphatic carbocycles. The summed E-state index contributed by atoms with van der Waals surface area (Å²) in [5, 5.41) is 13.9. The zero-order valence-electron chi connectivity index (χ0n) is 20.7. The van der Waals surface area contributed by atoms with Crippen LogP contribution in [0.4, 0.5) is 0 Å². The van der Waals surface area contributed by atoms with Crippen LogP contribution in [0.1, 0.15) is 42.5 Å². The molecule has 2 heterocycles. The number of thioether (sulfide) groups is 1. The Morgan fingerprint density at radius 3 is 2.65 bits per heavy atom. The summed E-state index contributed by atoms with van der Waals surface area (Å²) in [7, 11) is 0. The highest BCUT2D eigenvalue weighted by molar-refractivity contribution is 7.99. The third-order valence-corrected chi connectivity index (χ3v) is 8.71. The number of para-hydroxylation sites is 1.